The summed E-state index contributed by atoms with van der Waals surface area (Å²) in [6, 6.07) is 5.90. The van der Waals surface area contributed by atoms with E-state index in [9.17, 15) is 4.79 Å². The fraction of sp³-hybridized carbons (Fsp3) is 0.286. The maximum absolute atomic E-state index is 12.6. The number of carbonyl (C=O) groups excluding carboxylic acids is 1. The lowest BCUT2D eigenvalue weighted by Gasteiger charge is -2.29. The van der Waals surface area contributed by atoms with Crippen molar-refractivity contribution in [2.75, 3.05) is 0 Å². The number of hydrogen-bond donors (Lipinski definition) is 1. The number of nitrogens with zero attached hydrogens (tertiary/aromatic N) is 6. The van der Waals surface area contributed by atoms with Crippen molar-refractivity contribution in [2.24, 2.45) is 0 Å². The summed E-state index contributed by atoms with van der Waals surface area (Å²) in [6.45, 7) is 0. The fourth-order valence-electron chi connectivity index (χ4n) is 3.95. The van der Waals surface area contributed by atoms with Crippen molar-refractivity contribution < 1.29 is 4.79 Å². The first-order valence-electron chi connectivity index (χ1n) is 9.91. The molecule has 4 heterocycles. The van der Waals surface area contributed by atoms with E-state index in [0.29, 0.717) is 22.4 Å². The van der Waals surface area contributed by atoms with Crippen LogP contribution in [-0.2, 0) is 0 Å². The largest absolute Gasteiger partial charge is 0.348 e. The Morgan fingerprint density at radius 3 is 2.77 bits per heavy atom. The van der Waals surface area contributed by atoms with Gasteiger partial charge in [0, 0.05) is 36.4 Å². The SMILES string of the molecule is O=C(NC1CCC(n2cc(-c3ccncn3)cn2)CC1)c1cn2cc(Cl)ccc2n1. The second-order valence-corrected chi connectivity index (χ2v) is 7.96. The van der Waals surface area contributed by atoms with Crippen LogP contribution in [0.15, 0.2) is 55.5 Å². The van der Waals surface area contributed by atoms with Gasteiger partial charge in [0.15, 0.2) is 0 Å². The second-order valence-electron chi connectivity index (χ2n) is 7.52. The highest BCUT2D eigenvalue weighted by Crippen LogP contribution is 2.29. The number of halogens is 1. The van der Waals surface area contributed by atoms with Crippen LogP contribution in [0, 0.1) is 0 Å². The molecule has 1 N–H and O–H groups in total. The molecule has 1 fully saturated rings. The lowest BCUT2D eigenvalue weighted by Crippen LogP contribution is -2.38. The number of imidazole rings is 1. The van der Waals surface area contributed by atoms with Gasteiger partial charge in [-0.2, -0.15) is 5.10 Å². The van der Waals surface area contributed by atoms with Crippen molar-refractivity contribution in [3.8, 4) is 11.3 Å². The summed E-state index contributed by atoms with van der Waals surface area (Å²) in [6.07, 6.45) is 14.3. The molecule has 0 aliphatic heterocycles. The van der Waals surface area contributed by atoms with Crippen LogP contribution in [0.25, 0.3) is 16.9 Å². The van der Waals surface area contributed by atoms with E-state index < -0.39 is 0 Å². The number of hydrogen-bond acceptors (Lipinski definition) is 5. The number of carbonyl (C=O) groups is 1. The smallest absolute Gasteiger partial charge is 0.271 e. The third-order valence-corrected chi connectivity index (χ3v) is 5.76. The molecule has 4 aromatic rings. The molecular weight excluding hydrogens is 402 g/mol. The molecular formula is C21H20ClN7O. The van der Waals surface area contributed by atoms with Crippen molar-refractivity contribution in [1.82, 2.24) is 34.4 Å². The van der Waals surface area contributed by atoms with Crippen LogP contribution in [0.5, 0.6) is 0 Å². The van der Waals surface area contributed by atoms with Gasteiger partial charge in [-0.05, 0) is 43.9 Å². The van der Waals surface area contributed by atoms with Gasteiger partial charge < -0.3 is 9.72 Å². The van der Waals surface area contributed by atoms with Gasteiger partial charge in [-0.25, -0.2) is 15.0 Å². The molecule has 5 rings (SSSR count). The molecule has 0 unspecified atom stereocenters. The molecule has 4 aromatic heterocycles. The van der Waals surface area contributed by atoms with Crippen molar-refractivity contribution in [3.63, 3.8) is 0 Å². The average Bonchev–Trinajstić information content (AvgIpc) is 3.42. The monoisotopic (exact) mass is 421 g/mol. The molecule has 0 spiro atoms. The highest BCUT2D eigenvalue weighted by atomic mass is 35.5. The molecule has 0 saturated heterocycles. The van der Waals surface area contributed by atoms with Crippen molar-refractivity contribution >= 4 is 23.2 Å². The van der Waals surface area contributed by atoms with Crippen LogP contribution in [-0.4, -0.2) is 41.1 Å². The van der Waals surface area contributed by atoms with Crippen LogP contribution in [0.3, 0.4) is 0 Å². The minimum absolute atomic E-state index is 0.138. The molecule has 1 aliphatic rings. The summed E-state index contributed by atoms with van der Waals surface area (Å²) in [5, 5.41) is 8.25. The van der Waals surface area contributed by atoms with E-state index in [4.69, 9.17) is 11.6 Å². The van der Waals surface area contributed by atoms with E-state index in [-0.39, 0.29) is 11.9 Å². The number of pyridine rings is 1. The Kier molecular flexibility index (Phi) is 4.92. The standard InChI is InChI=1S/C21H20ClN7O/c22-15-1-6-20-27-19(12-28(20)11-15)21(30)26-16-2-4-17(5-3-16)29-10-14(9-25-29)18-7-8-23-13-24-18/h1,6-13,16-17H,2-5H2,(H,26,30). The van der Waals surface area contributed by atoms with E-state index in [1.54, 1.807) is 35.1 Å². The van der Waals surface area contributed by atoms with E-state index in [1.165, 1.54) is 6.33 Å². The zero-order valence-corrected chi connectivity index (χ0v) is 16.9. The van der Waals surface area contributed by atoms with Crippen LogP contribution >= 0.6 is 11.6 Å². The minimum Gasteiger partial charge on any atom is -0.348 e. The summed E-state index contributed by atoms with van der Waals surface area (Å²) < 4.78 is 3.78. The number of aromatic nitrogens is 6. The predicted molar refractivity (Wildman–Crippen MR) is 112 cm³/mol. The van der Waals surface area contributed by atoms with Gasteiger partial charge in [0.1, 0.15) is 17.7 Å². The topological polar surface area (TPSA) is 90.0 Å². The summed E-state index contributed by atoms with van der Waals surface area (Å²) in [4.78, 5) is 25.2. The maximum Gasteiger partial charge on any atom is 0.271 e. The van der Waals surface area contributed by atoms with Gasteiger partial charge >= 0.3 is 0 Å². The molecule has 8 nitrogen and oxygen atoms in total. The van der Waals surface area contributed by atoms with E-state index in [0.717, 1.165) is 36.9 Å². The Morgan fingerprint density at radius 2 is 1.97 bits per heavy atom. The molecule has 1 saturated carbocycles. The Labute approximate surface area is 177 Å². The zero-order chi connectivity index (χ0) is 20.5. The zero-order valence-electron chi connectivity index (χ0n) is 16.1. The average molecular weight is 422 g/mol. The summed E-state index contributed by atoms with van der Waals surface area (Å²) in [5.41, 5.74) is 2.96. The van der Waals surface area contributed by atoms with Gasteiger partial charge in [0.25, 0.3) is 5.91 Å². The van der Waals surface area contributed by atoms with E-state index in [2.05, 4.69) is 25.4 Å². The highest BCUT2D eigenvalue weighted by molar-refractivity contribution is 6.30. The van der Waals surface area contributed by atoms with Crippen molar-refractivity contribution in [1.29, 1.82) is 0 Å². The Hall–Kier alpha value is -3.26. The predicted octanol–water partition coefficient (Wildman–Crippen LogP) is 3.55. The van der Waals surface area contributed by atoms with Crippen LogP contribution in [0.1, 0.15) is 42.2 Å². The number of fused-ring (bicyclic) bond motifs is 1. The molecule has 152 valence electrons. The van der Waals surface area contributed by atoms with E-state index >= 15 is 0 Å². The van der Waals surface area contributed by atoms with Crippen molar-refractivity contribution in [3.05, 3.63) is 66.2 Å². The van der Waals surface area contributed by atoms with Crippen LogP contribution in [0.2, 0.25) is 5.02 Å². The van der Waals surface area contributed by atoms with Gasteiger partial charge in [-0.1, -0.05) is 11.6 Å². The maximum atomic E-state index is 12.6. The molecule has 9 heteroatoms. The van der Waals surface area contributed by atoms with Gasteiger partial charge in [-0.3, -0.25) is 9.48 Å². The number of rotatable bonds is 4. The summed E-state index contributed by atoms with van der Waals surface area (Å²) in [7, 11) is 0. The molecule has 1 amide bonds. The minimum atomic E-state index is -0.150. The summed E-state index contributed by atoms with van der Waals surface area (Å²) in [5.74, 6) is -0.150. The molecule has 0 atom stereocenters. The van der Waals surface area contributed by atoms with Crippen LogP contribution in [0.4, 0.5) is 0 Å². The second kappa shape index (κ2) is 7.87. The van der Waals surface area contributed by atoms with Crippen molar-refractivity contribution in [2.45, 2.75) is 37.8 Å². The molecule has 0 aromatic carbocycles. The Balaban J connectivity index is 1.20. The Bertz CT molecular complexity index is 1180. The van der Waals surface area contributed by atoms with Gasteiger partial charge in [-0.15, -0.1) is 0 Å². The first-order valence-corrected chi connectivity index (χ1v) is 10.3. The first-order chi connectivity index (χ1) is 14.7. The quantitative estimate of drug-likeness (QED) is 0.544. The highest BCUT2D eigenvalue weighted by Gasteiger charge is 2.25. The van der Waals surface area contributed by atoms with E-state index in [1.807, 2.05) is 23.1 Å². The first kappa shape index (κ1) is 18.7. The fourth-order valence-corrected chi connectivity index (χ4v) is 4.12. The Morgan fingerprint density at radius 1 is 1.10 bits per heavy atom. The van der Waals surface area contributed by atoms with Gasteiger partial charge in [0.05, 0.1) is 23.0 Å². The summed E-state index contributed by atoms with van der Waals surface area (Å²) >= 11 is 6.00. The number of nitrogens with one attached hydrogen (secondary N) is 1. The lowest BCUT2D eigenvalue weighted by atomic mass is 9.91. The molecule has 1 aliphatic carbocycles. The third kappa shape index (κ3) is 3.78. The van der Waals surface area contributed by atoms with Gasteiger partial charge in [0.2, 0.25) is 0 Å². The van der Waals surface area contributed by atoms with Crippen LogP contribution < -0.4 is 5.32 Å². The molecule has 30 heavy (non-hydrogen) atoms. The molecule has 0 radical (unpaired) electrons. The molecule has 0 bridgehead atoms. The third-order valence-electron chi connectivity index (χ3n) is 5.53. The number of amides is 1. The lowest BCUT2D eigenvalue weighted by molar-refractivity contribution is 0.0917. The normalized spacial score (nSPS) is 19.1.